The van der Waals surface area contributed by atoms with Gasteiger partial charge < -0.3 is 9.64 Å². The second kappa shape index (κ2) is 5.88. The van der Waals surface area contributed by atoms with Gasteiger partial charge in [0, 0.05) is 18.7 Å². The standard InChI is InChI=1S/C15H17N3O5/c1-17(10-3-4-10)13(19)7-18-11-6-9(15(21)16-22)2-5-12(11)23-8-14(18)20/h2,5-6,10,22H,3-4,7-8H2,1H3,(H,16,21). The minimum absolute atomic E-state index is 0.105. The summed E-state index contributed by atoms with van der Waals surface area (Å²) in [6, 6.07) is 4.68. The van der Waals surface area contributed by atoms with Crippen LogP contribution in [0.5, 0.6) is 5.75 Å². The van der Waals surface area contributed by atoms with Crippen molar-refractivity contribution in [1.29, 1.82) is 0 Å². The Morgan fingerprint density at radius 3 is 2.83 bits per heavy atom. The SMILES string of the molecule is CN(C(=O)CN1C(=O)COc2ccc(C(=O)NO)cc21)C1CC1. The third kappa shape index (κ3) is 2.98. The van der Waals surface area contributed by atoms with Gasteiger partial charge in [0.05, 0.1) is 5.69 Å². The predicted molar refractivity (Wildman–Crippen MR) is 79.3 cm³/mol. The number of likely N-dealkylation sites (N-methyl/N-ethyl adjacent to an activating group) is 1. The van der Waals surface area contributed by atoms with Crippen LogP contribution in [0.4, 0.5) is 5.69 Å². The number of amides is 3. The van der Waals surface area contributed by atoms with Crippen LogP contribution in [0.15, 0.2) is 18.2 Å². The summed E-state index contributed by atoms with van der Waals surface area (Å²) in [5.41, 5.74) is 2.05. The van der Waals surface area contributed by atoms with Gasteiger partial charge in [-0.2, -0.15) is 0 Å². The average Bonchev–Trinajstić information content (AvgIpc) is 3.40. The van der Waals surface area contributed by atoms with E-state index in [2.05, 4.69) is 0 Å². The maximum absolute atomic E-state index is 12.3. The number of ether oxygens (including phenoxy) is 1. The van der Waals surface area contributed by atoms with Crippen LogP contribution in [0, 0.1) is 0 Å². The highest BCUT2D eigenvalue weighted by Crippen LogP contribution is 2.33. The normalized spacial score (nSPS) is 16.4. The second-order valence-electron chi connectivity index (χ2n) is 5.63. The molecule has 122 valence electrons. The summed E-state index contributed by atoms with van der Waals surface area (Å²) in [5.74, 6) is -0.796. The van der Waals surface area contributed by atoms with Gasteiger partial charge in [0.25, 0.3) is 11.8 Å². The maximum atomic E-state index is 12.3. The molecule has 0 spiro atoms. The fraction of sp³-hybridized carbons (Fsp3) is 0.400. The van der Waals surface area contributed by atoms with Crippen molar-refractivity contribution in [3.05, 3.63) is 23.8 Å². The van der Waals surface area contributed by atoms with E-state index in [0.29, 0.717) is 11.4 Å². The Balaban J connectivity index is 1.87. The highest BCUT2D eigenvalue weighted by molar-refractivity contribution is 6.04. The summed E-state index contributed by atoms with van der Waals surface area (Å²) in [6.07, 6.45) is 1.97. The predicted octanol–water partition coefficient (Wildman–Crippen LogP) is 0.152. The van der Waals surface area contributed by atoms with E-state index in [9.17, 15) is 14.4 Å². The van der Waals surface area contributed by atoms with E-state index < -0.39 is 5.91 Å². The van der Waals surface area contributed by atoms with Gasteiger partial charge >= 0.3 is 0 Å². The van der Waals surface area contributed by atoms with E-state index in [4.69, 9.17) is 9.94 Å². The zero-order valence-electron chi connectivity index (χ0n) is 12.6. The van der Waals surface area contributed by atoms with Gasteiger partial charge in [0.1, 0.15) is 12.3 Å². The Bertz CT molecular complexity index is 671. The Hall–Kier alpha value is -2.61. The summed E-state index contributed by atoms with van der Waals surface area (Å²) in [4.78, 5) is 38.9. The first-order valence-corrected chi connectivity index (χ1v) is 7.28. The molecule has 8 nitrogen and oxygen atoms in total. The van der Waals surface area contributed by atoms with E-state index >= 15 is 0 Å². The van der Waals surface area contributed by atoms with Gasteiger partial charge in [-0.15, -0.1) is 0 Å². The third-order valence-electron chi connectivity index (χ3n) is 4.05. The van der Waals surface area contributed by atoms with Crippen LogP contribution >= 0.6 is 0 Å². The number of carbonyl (C=O) groups excluding carboxylic acids is 3. The molecule has 0 unspecified atom stereocenters. The molecule has 0 radical (unpaired) electrons. The summed E-state index contributed by atoms with van der Waals surface area (Å²) in [6.45, 7) is -0.259. The molecule has 0 atom stereocenters. The van der Waals surface area contributed by atoms with Crippen molar-refractivity contribution in [2.24, 2.45) is 0 Å². The Labute approximate surface area is 132 Å². The molecule has 8 heteroatoms. The largest absolute Gasteiger partial charge is 0.482 e. The van der Waals surface area contributed by atoms with Crippen LogP contribution in [0.2, 0.25) is 0 Å². The van der Waals surface area contributed by atoms with Crippen molar-refractivity contribution in [3.63, 3.8) is 0 Å². The van der Waals surface area contributed by atoms with Gasteiger partial charge in [-0.1, -0.05) is 0 Å². The highest BCUT2D eigenvalue weighted by atomic mass is 16.5. The van der Waals surface area contributed by atoms with Gasteiger partial charge in [0.2, 0.25) is 5.91 Å². The van der Waals surface area contributed by atoms with E-state index in [1.165, 1.54) is 28.6 Å². The molecule has 2 aliphatic rings. The molecule has 0 bridgehead atoms. The number of rotatable bonds is 4. The van der Waals surface area contributed by atoms with Crippen LogP contribution in [0.3, 0.4) is 0 Å². The molecular weight excluding hydrogens is 302 g/mol. The van der Waals surface area contributed by atoms with E-state index in [-0.39, 0.29) is 36.6 Å². The number of hydrogen-bond donors (Lipinski definition) is 2. The lowest BCUT2D eigenvalue weighted by atomic mass is 10.1. The summed E-state index contributed by atoms with van der Waals surface area (Å²) in [7, 11) is 1.72. The molecule has 23 heavy (non-hydrogen) atoms. The molecule has 1 aromatic rings. The van der Waals surface area contributed by atoms with E-state index in [1.54, 1.807) is 11.9 Å². The Kier molecular flexibility index (Phi) is 3.91. The molecule has 1 fully saturated rings. The minimum Gasteiger partial charge on any atom is -0.482 e. The number of hydrogen-bond acceptors (Lipinski definition) is 5. The second-order valence-corrected chi connectivity index (χ2v) is 5.63. The van der Waals surface area contributed by atoms with Crippen molar-refractivity contribution < 1.29 is 24.3 Å². The summed E-state index contributed by atoms with van der Waals surface area (Å²) in [5, 5.41) is 8.72. The lowest BCUT2D eigenvalue weighted by Gasteiger charge is -2.30. The highest BCUT2D eigenvalue weighted by Gasteiger charge is 2.33. The van der Waals surface area contributed by atoms with Gasteiger partial charge in [-0.3, -0.25) is 24.5 Å². The van der Waals surface area contributed by atoms with Crippen LogP contribution in [-0.2, 0) is 9.59 Å². The fourth-order valence-corrected chi connectivity index (χ4v) is 2.49. The summed E-state index contributed by atoms with van der Waals surface area (Å²) >= 11 is 0. The zero-order valence-corrected chi connectivity index (χ0v) is 12.6. The van der Waals surface area contributed by atoms with Crippen molar-refractivity contribution >= 4 is 23.4 Å². The lowest BCUT2D eigenvalue weighted by Crippen LogP contribution is -2.46. The topological polar surface area (TPSA) is 99.2 Å². The number of nitrogens with one attached hydrogen (secondary N) is 1. The molecule has 0 aromatic heterocycles. The number of benzene rings is 1. The zero-order chi connectivity index (χ0) is 16.6. The first-order chi connectivity index (χ1) is 11.0. The van der Waals surface area contributed by atoms with Crippen molar-refractivity contribution in [3.8, 4) is 5.75 Å². The number of hydroxylamine groups is 1. The van der Waals surface area contributed by atoms with Crippen molar-refractivity contribution in [1.82, 2.24) is 10.4 Å². The quantitative estimate of drug-likeness (QED) is 0.608. The molecule has 1 aromatic carbocycles. The molecule has 2 N–H and O–H groups in total. The van der Waals surface area contributed by atoms with E-state index in [0.717, 1.165) is 12.8 Å². The van der Waals surface area contributed by atoms with Gasteiger partial charge in [-0.05, 0) is 31.0 Å². The Morgan fingerprint density at radius 2 is 2.17 bits per heavy atom. The lowest BCUT2D eigenvalue weighted by molar-refractivity contribution is -0.131. The Morgan fingerprint density at radius 1 is 1.43 bits per heavy atom. The molecule has 3 amide bonds. The number of anilines is 1. The molecule has 1 saturated carbocycles. The molecule has 3 rings (SSSR count). The fourth-order valence-electron chi connectivity index (χ4n) is 2.49. The van der Waals surface area contributed by atoms with Gasteiger partial charge in [-0.25, -0.2) is 5.48 Å². The molecular formula is C15H17N3O5. The van der Waals surface area contributed by atoms with Gasteiger partial charge in [0.15, 0.2) is 6.61 Å². The molecule has 1 heterocycles. The van der Waals surface area contributed by atoms with Crippen LogP contribution in [0.1, 0.15) is 23.2 Å². The molecule has 0 saturated heterocycles. The smallest absolute Gasteiger partial charge is 0.274 e. The van der Waals surface area contributed by atoms with Crippen LogP contribution < -0.4 is 15.1 Å². The van der Waals surface area contributed by atoms with Crippen molar-refractivity contribution in [2.45, 2.75) is 18.9 Å². The number of carbonyl (C=O) groups is 3. The van der Waals surface area contributed by atoms with Crippen LogP contribution in [0.25, 0.3) is 0 Å². The third-order valence-corrected chi connectivity index (χ3v) is 4.05. The number of nitrogens with zero attached hydrogens (tertiary/aromatic N) is 2. The maximum Gasteiger partial charge on any atom is 0.274 e. The first-order valence-electron chi connectivity index (χ1n) is 7.28. The molecule has 1 aliphatic heterocycles. The minimum atomic E-state index is -0.702. The monoisotopic (exact) mass is 319 g/mol. The van der Waals surface area contributed by atoms with Crippen LogP contribution in [-0.4, -0.2) is 54.1 Å². The average molecular weight is 319 g/mol. The first kappa shape index (κ1) is 15.3. The number of fused-ring (bicyclic) bond motifs is 1. The summed E-state index contributed by atoms with van der Waals surface area (Å²) < 4.78 is 5.33. The van der Waals surface area contributed by atoms with Crippen molar-refractivity contribution in [2.75, 3.05) is 25.1 Å². The van der Waals surface area contributed by atoms with E-state index in [1.807, 2.05) is 0 Å². The molecule has 1 aliphatic carbocycles.